The van der Waals surface area contributed by atoms with Crippen molar-refractivity contribution in [2.75, 3.05) is 39.8 Å². The van der Waals surface area contributed by atoms with Gasteiger partial charge in [0.15, 0.2) is 5.78 Å². The highest BCUT2D eigenvalue weighted by molar-refractivity contribution is 5.95. The van der Waals surface area contributed by atoms with Gasteiger partial charge < -0.3 is 31.9 Å². The number of ketones is 1. The van der Waals surface area contributed by atoms with Gasteiger partial charge in [0.1, 0.15) is 6.04 Å². The van der Waals surface area contributed by atoms with Crippen LogP contribution >= 0.6 is 0 Å². The fraction of sp³-hybridized carbons (Fsp3) is 0.579. The highest BCUT2D eigenvalue weighted by Crippen LogP contribution is 2.31. The molecule has 48 heavy (non-hydrogen) atoms. The summed E-state index contributed by atoms with van der Waals surface area (Å²) in [5.74, 6) is -0.584. The summed E-state index contributed by atoms with van der Waals surface area (Å²) in [5.41, 5.74) is 13.9. The minimum absolute atomic E-state index is 0.0475. The van der Waals surface area contributed by atoms with Crippen LogP contribution in [0, 0.1) is 23.7 Å². The molecule has 6 unspecified atom stereocenters. The van der Waals surface area contributed by atoms with E-state index in [1.807, 2.05) is 79.4 Å². The summed E-state index contributed by atoms with van der Waals surface area (Å²) < 4.78 is 0. The summed E-state index contributed by atoms with van der Waals surface area (Å²) in [6.07, 6.45) is 3.02. The lowest BCUT2D eigenvalue weighted by Crippen LogP contribution is -2.52. The second kappa shape index (κ2) is 18.2. The molecule has 6 N–H and O–H groups in total. The fourth-order valence-corrected chi connectivity index (χ4v) is 7.24. The summed E-state index contributed by atoms with van der Waals surface area (Å²) in [7, 11) is 2.12. The highest BCUT2D eigenvalue weighted by atomic mass is 16.2. The van der Waals surface area contributed by atoms with Crippen LogP contribution in [-0.4, -0.2) is 91.2 Å². The number of fused-ring (bicyclic) bond motifs is 1. The average molecular weight is 661 g/mol. The lowest BCUT2D eigenvalue weighted by Gasteiger charge is -2.28. The van der Waals surface area contributed by atoms with Gasteiger partial charge in [0.2, 0.25) is 17.7 Å². The minimum Gasteiger partial charge on any atom is -0.345 e. The molecule has 10 nitrogen and oxygen atoms in total. The molecule has 0 bridgehead atoms. The van der Waals surface area contributed by atoms with Gasteiger partial charge in [0.05, 0.1) is 12.1 Å². The molecule has 0 aromatic heterocycles. The zero-order chi connectivity index (χ0) is 34.6. The van der Waals surface area contributed by atoms with Crippen LogP contribution in [0.3, 0.4) is 0 Å². The number of hydrogen-bond acceptors (Lipinski definition) is 7. The Morgan fingerprint density at radius 2 is 1.35 bits per heavy atom. The monoisotopic (exact) mass is 660 g/mol. The Morgan fingerprint density at radius 1 is 0.792 bits per heavy atom. The number of amides is 3. The summed E-state index contributed by atoms with van der Waals surface area (Å²) in [5, 5.41) is 5.99. The lowest BCUT2D eigenvalue weighted by molar-refractivity contribution is -0.138. The number of Topliss-reactive ketones (excluding diaryl/α,β-unsaturated/α-hetero) is 1. The first-order valence-electron chi connectivity index (χ1n) is 17.7. The van der Waals surface area contributed by atoms with Crippen LogP contribution < -0.4 is 22.1 Å². The first-order valence-corrected chi connectivity index (χ1v) is 17.7. The summed E-state index contributed by atoms with van der Waals surface area (Å²) >= 11 is 0. The van der Waals surface area contributed by atoms with Crippen LogP contribution in [0.15, 0.2) is 60.7 Å². The molecule has 4 rings (SSSR count). The molecular weight excluding hydrogens is 604 g/mol. The van der Waals surface area contributed by atoms with Crippen molar-refractivity contribution in [1.29, 1.82) is 0 Å². The van der Waals surface area contributed by atoms with Gasteiger partial charge in [0.25, 0.3) is 0 Å². The summed E-state index contributed by atoms with van der Waals surface area (Å²) in [6, 6.07) is 16.7. The van der Waals surface area contributed by atoms with Gasteiger partial charge in [-0.3, -0.25) is 19.2 Å². The van der Waals surface area contributed by atoms with Crippen molar-refractivity contribution < 1.29 is 19.2 Å². The van der Waals surface area contributed by atoms with E-state index in [1.54, 1.807) is 0 Å². The second-order valence-corrected chi connectivity index (χ2v) is 14.4. The van der Waals surface area contributed by atoms with E-state index in [1.165, 1.54) is 0 Å². The Balaban J connectivity index is 1.46. The maximum Gasteiger partial charge on any atom is 0.245 e. The number of nitrogens with zero attached hydrogens (tertiary/aromatic N) is 2. The normalized spacial score (nSPS) is 20.2. The Kier molecular flexibility index (Phi) is 14.1. The maximum absolute atomic E-state index is 14.0. The molecule has 2 heterocycles. The number of rotatable bonds is 18. The second-order valence-electron chi connectivity index (χ2n) is 14.4. The molecule has 0 saturated carbocycles. The number of benzene rings is 2. The smallest absolute Gasteiger partial charge is 0.245 e. The van der Waals surface area contributed by atoms with Crippen molar-refractivity contribution >= 4 is 23.5 Å². The first-order chi connectivity index (χ1) is 23.0. The molecule has 0 spiro atoms. The van der Waals surface area contributed by atoms with Gasteiger partial charge in [0, 0.05) is 38.5 Å². The van der Waals surface area contributed by atoms with Crippen molar-refractivity contribution in [1.82, 2.24) is 20.4 Å². The molecule has 2 aromatic carbocycles. The molecule has 2 saturated heterocycles. The van der Waals surface area contributed by atoms with E-state index in [4.69, 9.17) is 11.5 Å². The van der Waals surface area contributed by atoms with Crippen LogP contribution in [0.4, 0.5) is 0 Å². The van der Waals surface area contributed by atoms with Crippen molar-refractivity contribution in [3.63, 3.8) is 0 Å². The van der Waals surface area contributed by atoms with Crippen LogP contribution in [0.25, 0.3) is 0 Å². The van der Waals surface area contributed by atoms with E-state index in [-0.39, 0.29) is 36.4 Å². The van der Waals surface area contributed by atoms with Gasteiger partial charge in [-0.2, -0.15) is 0 Å². The highest BCUT2D eigenvalue weighted by Gasteiger charge is 2.42. The molecule has 262 valence electrons. The molecule has 2 fully saturated rings. The van der Waals surface area contributed by atoms with Crippen LogP contribution in [0.1, 0.15) is 57.1 Å². The van der Waals surface area contributed by atoms with Gasteiger partial charge in [-0.1, -0.05) is 74.5 Å². The number of carbonyl (C=O) groups is 4. The first kappa shape index (κ1) is 37.2. The number of unbranched alkanes of at least 4 members (excludes halogenated alkanes) is 1. The summed E-state index contributed by atoms with van der Waals surface area (Å²) in [6.45, 7) is 7.92. The van der Waals surface area contributed by atoms with Crippen LogP contribution in [0.2, 0.25) is 0 Å². The number of likely N-dealkylation sites (tertiary alicyclic amines) is 2. The molecule has 2 aliphatic rings. The van der Waals surface area contributed by atoms with E-state index in [9.17, 15) is 19.2 Å². The zero-order valence-corrected chi connectivity index (χ0v) is 29.0. The van der Waals surface area contributed by atoms with Crippen molar-refractivity contribution in [2.24, 2.45) is 35.1 Å². The van der Waals surface area contributed by atoms with Crippen LogP contribution in [-0.2, 0) is 32.0 Å². The van der Waals surface area contributed by atoms with Crippen molar-refractivity contribution in [2.45, 2.75) is 76.9 Å². The van der Waals surface area contributed by atoms with Crippen LogP contribution in [0.5, 0.6) is 0 Å². The van der Waals surface area contributed by atoms with Crippen molar-refractivity contribution in [3.05, 3.63) is 71.8 Å². The number of nitrogens with two attached hydrogens (primary N) is 2. The predicted octanol–water partition coefficient (Wildman–Crippen LogP) is 2.54. The predicted molar refractivity (Wildman–Crippen MR) is 189 cm³/mol. The molecule has 3 amide bonds. The molecule has 10 heteroatoms. The molecule has 2 aromatic rings. The average Bonchev–Trinajstić information content (AvgIpc) is 3.61. The Hall–Kier alpha value is -3.60. The lowest BCUT2D eigenvalue weighted by atomic mass is 9.88. The standard InChI is InChI=1S/C38H56N6O4/c1-26(2)18-29(36(46)41-33(16-10-11-17-39)38(48)44-24-30-22-43(3)23-31(30)25-44)21-35(45)34(20-28-14-8-5-9-15-28)42-37(47)32(40)19-27-12-6-4-7-13-27/h4-9,12-15,26,29-34H,10-11,16-25,39-40H2,1-3H3,(H,41,46)(H,42,47). The number of nitrogens with one attached hydrogen (secondary N) is 2. The third kappa shape index (κ3) is 11.0. The van der Waals surface area contributed by atoms with Crippen molar-refractivity contribution in [3.8, 4) is 0 Å². The molecule has 6 atom stereocenters. The van der Waals surface area contributed by atoms with E-state index in [2.05, 4.69) is 22.6 Å². The molecule has 0 aliphatic carbocycles. The Labute approximate surface area is 286 Å². The van der Waals surface area contributed by atoms with Gasteiger partial charge in [-0.25, -0.2) is 0 Å². The van der Waals surface area contributed by atoms with Gasteiger partial charge in [-0.15, -0.1) is 0 Å². The molecule has 2 aliphatic heterocycles. The largest absolute Gasteiger partial charge is 0.345 e. The third-order valence-electron chi connectivity index (χ3n) is 9.74. The van der Waals surface area contributed by atoms with E-state index in [0.29, 0.717) is 50.7 Å². The Bertz CT molecular complexity index is 1330. The van der Waals surface area contributed by atoms with Gasteiger partial charge >= 0.3 is 0 Å². The third-order valence-corrected chi connectivity index (χ3v) is 9.74. The van der Waals surface area contributed by atoms with Gasteiger partial charge in [-0.05, 0) is 81.0 Å². The Morgan fingerprint density at radius 3 is 1.92 bits per heavy atom. The maximum atomic E-state index is 14.0. The summed E-state index contributed by atoms with van der Waals surface area (Å²) in [4.78, 5) is 59.3. The fourth-order valence-electron chi connectivity index (χ4n) is 7.24. The molecular formula is C38H56N6O4. The van der Waals surface area contributed by atoms with E-state index < -0.39 is 30.0 Å². The molecule has 0 radical (unpaired) electrons. The number of hydrogen-bond donors (Lipinski definition) is 4. The zero-order valence-electron chi connectivity index (χ0n) is 29.0. The quantitative estimate of drug-likeness (QED) is 0.180. The van der Waals surface area contributed by atoms with E-state index >= 15 is 0 Å². The topological polar surface area (TPSA) is 151 Å². The van der Waals surface area contributed by atoms with E-state index in [0.717, 1.165) is 37.1 Å². The number of carbonyl (C=O) groups excluding carboxylic acids is 4. The SMILES string of the molecule is CC(C)CC(CC(=O)C(Cc1ccccc1)NC(=O)C(N)Cc1ccccc1)C(=O)NC(CCCCN)C(=O)N1CC2CN(C)CC2C1. The minimum atomic E-state index is -0.853.